The van der Waals surface area contributed by atoms with E-state index >= 15 is 0 Å². The average molecular weight is 477 g/mol. The van der Waals surface area contributed by atoms with Crippen LogP contribution in [0.3, 0.4) is 0 Å². The third kappa shape index (κ3) is 6.26. The van der Waals surface area contributed by atoms with Crippen LogP contribution in [-0.2, 0) is 10.0 Å². The molecule has 0 radical (unpaired) electrons. The van der Waals surface area contributed by atoms with Crippen molar-refractivity contribution >= 4 is 21.5 Å². The van der Waals surface area contributed by atoms with E-state index in [0.717, 1.165) is 19.6 Å². The molecule has 10 nitrogen and oxygen atoms in total. The first-order valence-electron chi connectivity index (χ1n) is 9.66. The monoisotopic (exact) mass is 477 g/mol. The van der Waals surface area contributed by atoms with Crippen molar-refractivity contribution in [2.24, 2.45) is 0 Å². The summed E-state index contributed by atoms with van der Waals surface area (Å²) >= 11 is 0. The Balaban J connectivity index is 1.39. The van der Waals surface area contributed by atoms with E-state index in [0.29, 0.717) is 37.7 Å². The van der Waals surface area contributed by atoms with E-state index in [9.17, 15) is 31.2 Å². The number of alkyl halides is 3. The zero-order valence-corrected chi connectivity index (χ0v) is 17.6. The summed E-state index contributed by atoms with van der Waals surface area (Å²) in [4.78, 5) is 31.7. The van der Waals surface area contributed by atoms with E-state index in [4.69, 9.17) is 4.74 Å². The molecular formula is C18H22F3N5O5S. The van der Waals surface area contributed by atoms with E-state index < -0.39 is 26.8 Å². The molecule has 14 heteroatoms. The Hall–Kier alpha value is -3.00. The van der Waals surface area contributed by atoms with Gasteiger partial charge in [-0.2, -0.15) is 21.6 Å². The fraction of sp³-hybridized carbons (Fsp3) is 0.444. The molecule has 3 rings (SSSR count). The Morgan fingerprint density at radius 2 is 1.69 bits per heavy atom. The lowest BCUT2D eigenvalue weighted by atomic mass is 10.3. The molecule has 0 unspecified atom stereocenters. The standard InChI is InChI=1S/C18H22F3N5O5S/c19-18(20,21)32(29,30)24-13-2-4-14(5-3-13)31-11-1-6-25-7-9-26(10-8-25)15-12-16(27)23-17(28)22-15/h2-5,12,24H,1,6-11H2,(H2,22,23,27,28). The number of ether oxygens (including phenoxy) is 1. The minimum absolute atomic E-state index is 0.214. The van der Waals surface area contributed by atoms with Crippen molar-refractivity contribution in [3.05, 3.63) is 51.2 Å². The van der Waals surface area contributed by atoms with Gasteiger partial charge in [-0.1, -0.05) is 0 Å². The molecule has 0 atom stereocenters. The van der Waals surface area contributed by atoms with Crippen LogP contribution in [0.4, 0.5) is 24.7 Å². The highest BCUT2D eigenvalue weighted by atomic mass is 32.2. The quantitative estimate of drug-likeness (QED) is 0.483. The van der Waals surface area contributed by atoms with Gasteiger partial charge in [0.05, 0.1) is 6.61 Å². The summed E-state index contributed by atoms with van der Waals surface area (Å²) in [5.41, 5.74) is -6.59. The van der Waals surface area contributed by atoms with Crippen molar-refractivity contribution in [1.82, 2.24) is 14.9 Å². The van der Waals surface area contributed by atoms with Gasteiger partial charge < -0.3 is 9.64 Å². The van der Waals surface area contributed by atoms with Crippen molar-refractivity contribution < 1.29 is 26.3 Å². The largest absolute Gasteiger partial charge is 0.516 e. The fourth-order valence-corrected chi connectivity index (χ4v) is 3.71. The Labute approximate surface area is 181 Å². The zero-order chi connectivity index (χ0) is 23.4. The molecule has 1 aliphatic rings. The van der Waals surface area contributed by atoms with Crippen LogP contribution in [0.2, 0.25) is 0 Å². The predicted molar refractivity (Wildman–Crippen MR) is 111 cm³/mol. The molecule has 1 fully saturated rings. The van der Waals surface area contributed by atoms with E-state index in [1.807, 2.05) is 4.90 Å². The molecule has 0 amide bonds. The van der Waals surface area contributed by atoms with E-state index in [1.54, 1.807) is 0 Å². The molecule has 3 N–H and O–H groups in total. The molecule has 1 aromatic heterocycles. The van der Waals surface area contributed by atoms with Gasteiger partial charge in [-0.15, -0.1) is 0 Å². The van der Waals surface area contributed by atoms with Crippen LogP contribution in [0.5, 0.6) is 5.75 Å². The van der Waals surface area contributed by atoms with Crippen molar-refractivity contribution in [1.29, 1.82) is 0 Å². The number of sulfonamides is 1. The number of nitrogens with zero attached hydrogens (tertiary/aromatic N) is 2. The fourth-order valence-electron chi connectivity index (χ4n) is 3.15. The number of aromatic amines is 2. The molecule has 0 bridgehead atoms. The van der Waals surface area contributed by atoms with Crippen molar-refractivity contribution in [2.75, 3.05) is 49.0 Å². The van der Waals surface area contributed by atoms with Crippen molar-refractivity contribution in [3.8, 4) is 5.75 Å². The summed E-state index contributed by atoms with van der Waals surface area (Å²) in [5.74, 6) is 0.894. The normalized spacial score (nSPS) is 15.5. The van der Waals surface area contributed by atoms with Gasteiger partial charge in [0, 0.05) is 44.5 Å². The summed E-state index contributed by atoms with van der Waals surface area (Å²) in [6, 6.07) is 6.50. The van der Waals surface area contributed by atoms with E-state index in [1.165, 1.54) is 35.1 Å². The maximum Gasteiger partial charge on any atom is 0.516 e. The molecule has 1 aliphatic heterocycles. The van der Waals surface area contributed by atoms with Gasteiger partial charge in [0.2, 0.25) is 0 Å². The molecule has 2 aromatic rings. The Morgan fingerprint density at radius 3 is 2.28 bits per heavy atom. The van der Waals surface area contributed by atoms with Gasteiger partial charge in [-0.3, -0.25) is 24.4 Å². The Kier molecular flexibility index (Phi) is 7.13. The molecule has 2 heterocycles. The van der Waals surface area contributed by atoms with Crippen LogP contribution in [0.25, 0.3) is 0 Å². The first kappa shape index (κ1) is 23.7. The summed E-state index contributed by atoms with van der Waals surface area (Å²) in [6.45, 7) is 3.90. The maximum absolute atomic E-state index is 12.4. The van der Waals surface area contributed by atoms with Crippen LogP contribution < -0.4 is 25.6 Å². The summed E-state index contributed by atoms with van der Waals surface area (Å²) < 4.78 is 66.4. The third-order valence-electron chi connectivity index (χ3n) is 4.76. The van der Waals surface area contributed by atoms with Crippen LogP contribution in [0.1, 0.15) is 6.42 Å². The number of nitrogens with one attached hydrogen (secondary N) is 3. The third-order valence-corrected chi connectivity index (χ3v) is 5.87. The molecule has 176 valence electrons. The van der Waals surface area contributed by atoms with Gasteiger partial charge in [-0.25, -0.2) is 4.79 Å². The highest BCUT2D eigenvalue weighted by molar-refractivity contribution is 7.93. The SMILES string of the molecule is O=c1cc(N2CCN(CCCOc3ccc(NS(=O)(=O)C(F)(F)F)cc3)CC2)[nH]c(=O)[nH]1. The van der Waals surface area contributed by atoms with Crippen molar-refractivity contribution in [3.63, 3.8) is 0 Å². The molecule has 1 saturated heterocycles. The van der Waals surface area contributed by atoms with Gasteiger partial charge in [0.25, 0.3) is 5.56 Å². The number of anilines is 2. The van der Waals surface area contributed by atoms with Gasteiger partial charge in [0.15, 0.2) is 0 Å². The molecule has 0 aliphatic carbocycles. The molecule has 1 aromatic carbocycles. The molecule has 32 heavy (non-hydrogen) atoms. The maximum atomic E-state index is 12.4. The number of H-pyrrole nitrogens is 2. The lowest BCUT2D eigenvalue weighted by Gasteiger charge is -2.35. The lowest BCUT2D eigenvalue weighted by molar-refractivity contribution is -0.0429. The minimum Gasteiger partial charge on any atom is -0.494 e. The summed E-state index contributed by atoms with van der Waals surface area (Å²) in [7, 11) is -5.46. The zero-order valence-electron chi connectivity index (χ0n) is 16.8. The highest BCUT2D eigenvalue weighted by Gasteiger charge is 2.46. The number of hydrogen-bond donors (Lipinski definition) is 3. The van der Waals surface area contributed by atoms with Gasteiger partial charge in [0.1, 0.15) is 11.6 Å². The van der Waals surface area contributed by atoms with Gasteiger partial charge >= 0.3 is 21.2 Å². The number of halogens is 3. The second-order valence-corrected chi connectivity index (χ2v) is 8.75. The number of piperazine rings is 1. The number of hydrogen-bond acceptors (Lipinski definition) is 7. The topological polar surface area (TPSA) is 128 Å². The predicted octanol–water partition coefficient (Wildman–Crippen LogP) is 0.916. The van der Waals surface area contributed by atoms with E-state index in [-0.39, 0.29) is 5.69 Å². The Morgan fingerprint density at radius 1 is 1.03 bits per heavy atom. The summed E-state index contributed by atoms with van der Waals surface area (Å²) in [5, 5.41) is 0. The second-order valence-electron chi connectivity index (χ2n) is 7.08. The average Bonchev–Trinajstić information content (AvgIpc) is 2.71. The first-order valence-corrected chi connectivity index (χ1v) is 11.1. The Bertz CT molecular complexity index is 1090. The van der Waals surface area contributed by atoms with Crippen LogP contribution in [0.15, 0.2) is 39.9 Å². The molecule has 0 spiro atoms. The second kappa shape index (κ2) is 9.65. The lowest BCUT2D eigenvalue weighted by Crippen LogP contribution is -2.47. The van der Waals surface area contributed by atoms with Crippen LogP contribution in [-0.4, -0.2) is 68.1 Å². The number of rotatable bonds is 8. The molecule has 0 saturated carbocycles. The molecular weight excluding hydrogens is 455 g/mol. The highest BCUT2D eigenvalue weighted by Crippen LogP contribution is 2.26. The van der Waals surface area contributed by atoms with Gasteiger partial charge in [-0.05, 0) is 30.7 Å². The smallest absolute Gasteiger partial charge is 0.494 e. The number of aromatic nitrogens is 2. The summed E-state index contributed by atoms with van der Waals surface area (Å²) in [6.07, 6.45) is 0.699. The minimum atomic E-state index is -5.46. The van der Waals surface area contributed by atoms with Crippen molar-refractivity contribution in [2.45, 2.75) is 11.9 Å². The first-order chi connectivity index (χ1) is 15.0. The number of benzene rings is 1. The van der Waals surface area contributed by atoms with E-state index in [2.05, 4.69) is 14.9 Å². The van der Waals surface area contributed by atoms with Crippen LogP contribution >= 0.6 is 0 Å². The van der Waals surface area contributed by atoms with Crippen LogP contribution in [0, 0.1) is 0 Å².